The first-order valence-electron chi connectivity index (χ1n) is 7.72. The Bertz CT molecular complexity index is 676. The van der Waals surface area contributed by atoms with Crippen molar-refractivity contribution in [3.05, 3.63) is 51.9 Å². The number of nitrogens with two attached hydrogens (primary N) is 1. The van der Waals surface area contributed by atoms with E-state index in [2.05, 4.69) is 24.3 Å². The predicted molar refractivity (Wildman–Crippen MR) is 90.5 cm³/mol. The molecule has 0 saturated heterocycles. The number of hydrogen-bond acceptors (Lipinski definition) is 4. The first-order valence-corrected chi connectivity index (χ1v) is 8.54. The summed E-state index contributed by atoms with van der Waals surface area (Å²) in [6.45, 7) is 3.72. The van der Waals surface area contributed by atoms with E-state index < -0.39 is 0 Å². The van der Waals surface area contributed by atoms with Crippen LogP contribution in [0, 0.1) is 0 Å². The molecule has 1 atom stereocenters. The minimum absolute atomic E-state index is 0.122. The van der Waals surface area contributed by atoms with Gasteiger partial charge in [-0.3, -0.25) is 0 Å². The zero-order valence-electron chi connectivity index (χ0n) is 13.0. The van der Waals surface area contributed by atoms with Gasteiger partial charge in [0.25, 0.3) is 0 Å². The molecule has 4 heteroatoms. The number of anilines is 1. The second-order valence-electron chi connectivity index (χ2n) is 6.05. The molecule has 3 nitrogen and oxygen atoms in total. The van der Waals surface area contributed by atoms with Gasteiger partial charge in [-0.15, -0.1) is 11.3 Å². The summed E-state index contributed by atoms with van der Waals surface area (Å²) < 4.78 is 5.34. The van der Waals surface area contributed by atoms with Crippen molar-refractivity contribution in [3.8, 4) is 0 Å². The van der Waals surface area contributed by atoms with Crippen LogP contribution in [0.15, 0.2) is 30.3 Å². The van der Waals surface area contributed by atoms with Crippen molar-refractivity contribution >= 4 is 22.3 Å². The second-order valence-corrected chi connectivity index (χ2v) is 7.18. The Kier molecular flexibility index (Phi) is 4.21. The number of carbonyl (C=O) groups excluding carboxylic acids is 1. The third kappa shape index (κ3) is 2.88. The molecule has 2 aromatic rings. The SMILES string of the molecule is CC(C)OC(=O)c1c(N)sc2c1CC[C@H](c1ccccc1)C2. The zero-order valence-corrected chi connectivity index (χ0v) is 13.8. The molecule has 0 amide bonds. The van der Waals surface area contributed by atoms with Crippen molar-refractivity contribution in [1.29, 1.82) is 0 Å². The van der Waals surface area contributed by atoms with E-state index in [-0.39, 0.29) is 12.1 Å². The highest BCUT2D eigenvalue weighted by Gasteiger charge is 2.29. The normalized spacial score (nSPS) is 17.3. The Balaban J connectivity index is 1.86. The summed E-state index contributed by atoms with van der Waals surface area (Å²) in [5.41, 5.74) is 9.19. The lowest BCUT2D eigenvalue weighted by Crippen LogP contribution is -2.17. The van der Waals surface area contributed by atoms with Gasteiger partial charge in [-0.05, 0) is 50.2 Å². The number of fused-ring (bicyclic) bond motifs is 1. The van der Waals surface area contributed by atoms with E-state index >= 15 is 0 Å². The van der Waals surface area contributed by atoms with Crippen LogP contribution in [-0.4, -0.2) is 12.1 Å². The molecule has 1 aliphatic rings. The van der Waals surface area contributed by atoms with Gasteiger partial charge in [-0.2, -0.15) is 0 Å². The van der Waals surface area contributed by atoms with Crippen LogP contribution in [0.25, 0.3) is 0 Å². The van der Waals surface area contributed by atoms with Gasteiger partial charge < -0.3 is 10.5 Å². The number of benzene rings is 1. The molecule has 0 spiro atoms. The maximum atomic E-state index is 12.3. The molecule has 0 fully saturated rings. The van der Waals surface area contributed by atoms with E-state index in [4.69, 9.17) is 10.5 Å². The van der Waals surface area contributed by atoms with Gasteiger partial charge in [0, 0.05) is 4.88 Å². The summed E-state index contributed by atoms with van der Waals surface area (Å²) in [6, 6.07) is 10.6. The van der Waals surface area contributed by atoms with Gasteiger partial charge in [-0.25, -0.2) is 4.79 Å². The van der Waals surface area contributed by atoms with Crippen molar-refractivity contribution < 1.29 is 9.53 Å². The standard InChI is InChI=1S/C18H21NO2S/c1-11(2)21-18(20)16-14-9-8-13(10-15(14)22-17(16)19)12-6-4-3-5-7-12/h3-7,11,13H,8-10,19H2,1-2H3/t13-/m0/s1. The molecule has 2 N–H and O–H groups in total. The van der Waals surface area contributed by atoms with Crippen molar-refractivity contribution in [3.63, 3.8) is 0 Å². The smallest absolute Gasteiger partial charge is 0.341 e. The van der Waals surface area contributed by atoms with Gasteiger partial charge in [0.05, 0.1) is 11.7 Å². The molecule has 1 aromatic heterocycles. The quantitative estimate of drug-likeness (QED) is 0.865. The lowest BCUT2D eigenvalue weighted by atomic mass is 9.83. The van der Waals surface area contributed by atoms with Crippen LogP contribution in [0.5, 0.6) is 0 Å². The van der Waals surface area contributed by atoms with E-state index in [0.29, 0.717) is 16.5 Å². The average Bonchev–Trinajstić information content (AvgIpc) is 2.82. The van der Waals surface area contributed by atoms with Crippen molar-refractivity contribution in [2.45, 2.75) is 45.1 Å². The van der Waals surface area contributed by atoms with Crippen LogP contribution in [0.1, 0.15) is 52.5 Å². The predicted octanol–water partition coefficient (Wildman–Crippen LogP) is 4.17. The van der Waals surface area contributed by atoms with Crippen molar-refractivity contribution in [1.82, 2.24) is 0 Å². The molecule has 0 bridgehead atoms. The summed E-state index contributed by atoms with van der Waals surface area (Å²) in [7, 11) is 0. The van der Waals surface area contributed by atoms with Gasteiger partial charge in [-0.1, -0.05) is 30.3 Å². The minimum atomic E-state index is -0.275. The van der Waals surface area contributed by atoms with E-state index in [1.54, 1.807) is 11.3 Å². The number of thiophene rings is 1. The van der Waals surface area contributed by atoms with E-state index in [1.807, 2.05) is 19.9 Å². The number of rotatable bonds is 3. The Morgan fingerprint density at radius 1 is 1.32 bits per heavy atom. The summed E-state index contributed by atoms with van der Waals surface area (Å²) >= 11 is 1.55. The Hall–Kier alpha value is -1.81. The third-order valence-electron chi connectivity index (χ3n) is 4.11. The number of esters is 1. The van der Waals surface area contributed by atoms with Gasteiger partial charge in [0.1, 0.15) is 5.00 Å². The lowest BCUT2D eigenvalue weighted by Gasteiger charge is -2.23. The van der Waals surface area contributed by atoms with Crippen LogP contribution < -0.4 is 5.73 Å². The highest BCUT2D eigenvalue weighted by molar-refractivity contribution is 7.16. The largest absolute Gasteiger partial charge is 0.459 e. The molecule has 0 unspecified atom stereocenters. The molecular weight excluding hydrogens is 294 g/mol. The maximum Gasteiger partial charge on any atom is 0.341 e. The zero-order chi connectivity index (χ0) is 15.7. The monoisotopic (exact) mass is 315 g/mol. The number of ether oxygens (including phenoxy) is 1. The average molecular weight is 315 g/mol. The van der Waals surface area contributed by atoms with Crippen LogP contribution in [0.4, 0.5) is 5.00 Å². The molecule has 0 aliphatic heterocycles. The van der Waals surface area contributed by atoms with Crippen LogP contribution in [0.3, 0.4) is 0 Å². The highest BCUT2D eigenvalue weighted by atomic mass is 32.1. The van der Waals surface area contributed by atoms with E-state index in [9.17, 15) is 4.79 Å². The Morgan fingerprint density at radius 3 is 2.73 bits per heavy atom. The molecule has 116 valence electrons. The second kappa shape index (κ2) is 6.13. The van der Waals surface area contributed by atoms with Crippen LogP contribution in [0.2, 0.25) is 0 Å². The van der Waals surface area contributed by atoms with Crippen LogP contribution >= 0.6 is 11.3 Å². The molecule has 0 saturated carbocycles. The highest BCUT2D eigenvalue weighted by Crippen LogP contribution is 2.41. The van der Waals surface area contributed by atoms with Crippen LogP contribution in [-0.2, 0) is 17.6 Å². The fraction of sp³-hybridized carbons (Fsp3) is 0.389. The van der Waals surface area contributed by atoms with E-state index in [1.165, 1.54) is 10.4 Å². The fourth-order valence-electron chi connectivity index (χ4n) is 3.11. The van der Waals surface area contributed by atoms with Crippen molar-refractivity contribution in [2.24, 2.45) is 0 Å². The molecule has 1 aromatic carbocycles. The maximum absolute atomic E-state index is 12.3. The van der Waals surface area contributed by atoms with E-state index in [0.717, 1.165) is 24.8 Å². The van der Waals surface area contributed by atoms with Gasteiger partial charge in [0.15, 0.2) is 0 Å². The summed E-state index contributed by atoms with van der Waals surface area (Å²) in [6.07, 6.45) is 2.78. The molecule has 3 rings (SSSR count). The summed E-state index contributed by atoms with van der Waals surface area (Å²) in [5, 5.41) is 0.601. The minimum Gasteiger partial charge on any atom is -0.459 e. The first-order chi connectivity index (χ1) is 10.6. The topological polar surface area (TPSA) is 52.3 Å². The van der Waals surface area contributed by atoms with Gasteiger partial charge >= 0.3 is 5.97 Å². The summed E-state index contributed by atoms with van der Waals surface area (Å²) in [5.74, 6) is 0.240. The molecule has 1 aliphatic carbocycles. The molecule has 1 heterocycles. The number of hydrogen-bond donors (Lipinski definition) is 1. The summed E-state index contributed by atoms with van der Waals surface area (Å²) in [4.78, 5) is 13.5. The van der Waals surface area contributed by atoms with Crippen molar-refractivity contribution in [2.75, 3.05) is 5.73 Å². The molecular formula is C18H21NO2S. The Morgan fingerprint density at radius 2 is 2.05 bits per heavy atom. The van der Waals surface area contributed by atoms with Gasteiger partial charge in [0.2, 0.25) is 0 Å². The molecule has 22 heavy (non-hydrogen) atoms. The Labute approximate surface area is 135 Å². The third-order valence-corrected chi connectivity index (χ3v) is 5.19. The first kappa shape index (κ1) is 15.1. The molecule has 0 radical (unpaired) electrons. The number of carbonyl (C=O) groups is 1. The fourth-order valence-corrected chi connectivity index (χ4v) is 4.30. The number of nitrogen functional groups attached to an aromatic ring is 1. The lowest BCUT2D eigenvalue weighted by molar-refractivity contribution is 0.0378.